The molecule has 0 fully saturated rings. The van der Waals surface area contributed by atoms with E-state index < -0.39 is 5.60 Å². The zero-order valence-electron chi connectivity index (χ0n) is 9.98. The number of benzene rings is 1. The largest absolute Gasteiger partial charge is 0.456 e. The van der Waals surface area contributed by atoms with E-state index in [0.29, 0.717) is 10.7 Å². The SMILES string of the molecule is CC(C)(C)OC(=O)c1ccc2sc(N)nc2c1. The highest BCUT2D eigenvalue weighted by atomic mass is 32.1. The van der Waals surface area contributed by atoms with Crippen molar-refractivity contribution in [2.75, 3.05) is 5.73 Å². The smallest absolute Gasteiger partial charge is 0.338 e. The fourth-order valence-corrected chi connectivity index (χ4v) is 2.12. The fourth-order valence-electron chi connectivity index (χ4n) is 1.41. The van der Waals surface area contributed by atoms with Crippen LogP contribution in [0.3, 0.4) is 0 Å². The standard InChI is InChI=1S/C12H14N2O2S/c1-12(2,3)16-10(15)7-4-5-9-8(6-7)14-11(13)17-9/h4-6H,1-3H3,(H2,13,14). The Balaban J connectivity index is 2.33. The van der Waals surface area contributed by atoms with Gasteiger partial charge in [0.05, 0.1) is 15.8 Å². The van der Waals surface area contributed by atoms with Crippen LogP contribution in [0.1, 0.15) is 31.1 Å². The van der Waals surface area contributed by atoms with Crippen molar-refractivity contribution in [1.82, 2.24) is 4.98 Å². The normalized spacial score (nSPS) is 11.7. The molecule has 0 saturated carbocycles. The molecule has 5 heteroatoms. The van der Waals surface area contributed by atoms with Crippen molar-refractivity contribution in [1.29, 1.82) is 0 Å². The van der Waals surface area contributed by atoms with E-state index in [1.165, 1.54) is 11.3 Å². The summed E-state index contributed by atoms with van der Waals surface area (Å²) < 4.78 is 6.25. The first kappa shape index (κ1) is 11.9. The number of thiazole rings is 1. The van der Waals surface area contributed by atoms with E-state index in [9.17, 15) is 4.79 Å². The lowest BCUT2D eigenvalue weighted by molar-refractivity contribution is 0.00697. The molecule has 0 aliphatic rings. The molecular formula is C12H14N2O2S. The Bertz CT molecular complexity index is 569. The van der Waals surface area contributed by atoms with Crippen molar-refractivity contribution < 1.29 is 9.53 Å². The number of carbonyl (C=O) groups excluding carboxylic acids is 1. The molecule has 0 atom stereocenters. The number of nitrogens with two attached hydrogens (primary N) is 1. The second-order valence-corrected chi connectivity index (χ2v) is 5.80. The minimum Gasteiger partial charge on any atom is -0.456 e. The number of hydrogen-bond acceptors (Lipinski definition) is 5. The summed E-state index contributed by atoms with van der Waals surface area (Å²) >= 11 is 1.40. The summed E-state index contributed by atoms with van der Waals surface area (Å²) in [7, 11) is 0. The molecule has 2 rings (SSSR count). The lowest BCUT2D eigenvalue weighted by Crippen LogP contribution is -2.23. The number of ether oxygens (including phenoxy) is 1. The highest BCUT2D eigenvalue weighted by Gasteiger charge is 2.18. The third-order valence-electron chi connectivity index (χ3n) is 2.04. The first-order valence-electron chi connectivity index (χ1n) is 5.24. The van der Waals surface area contributed by atoms with E-state index >= 15 is 0 Å². The number of carbonyl (C=O) groups is 1. The molecule has 1 aromatic heterocycles. The van der Waals surface area contributed by atoms with Gasteiger partial charge in [0.15, 0.2) is 5.13 Å². The summed E-state index contributed by atoms with van der Waals surface area (Å²) in [6.45, 7) is 5.51. The van der Waals surface area contributed by atoms with Gasteiger partial charge >= 0.3 is 5.97 Å². The lowest BCUT2D eigenvalue weighted by atomic mass is 10.1. The second kappa shape index (κ2) is 4.00. The number of nitrogens with zero attached hydrogens (tertiary/aromatic N) is 1. The maximum absolute atomic E-state index is 11.8. The quantitative estimate of drug-likeness (QED) is 0.790. The van der Waals surface area contributed by atoms with Gasteiger partial charge in [-0.1, -0.05) is 11.3 Å². The van der Waals surface area contributed by atoms with E-state index in [2.05, 4.69) is 4.98 Å². The van der Waals surface area contributed by atoms with Gasteiger partial charge in [-0.05, 0) is 39.0 Å². The molecule has 4 nitrogen and oxygen atoms in total. The van der Waals surface area contributed by atoms with E-state index in [1.807, 2.05) is 26.8 Å². The minimum absolute atomic E-state index is 0.342. The van der Waals surface area contributed by atoms with Gasteiger partial charge in [-0.3, -0.25) is 0 Å². The monoisotopic (exact) mass is 250 g/mol. The third kappa shape index (κ3) is 2.74. The van der Waals surface area contributed by atoms with Crippen molar-refractivity contribution in [2.45, 2.75) is 26.4 Å². The number of hydrogen-bond donors (Lipinski definition) is 1. The van der Waals surface area contributed by atoms with Crippen LogP contribution in [-0.4, -0.2) is 16.6 Å². The second-order valence-electron chi connectivity index (χ2n) is 4.74. The number of nitrogen functional groups attached to an aromatic ring is 1. The van der Waals surface area contributed by atoms with Gasteiger partial charge in [-0.25, -0.2) is 9.78 Å². The zero-order chi connectivity index (χ0) is 12.6. The average Bonchev–Trinajstić information content (AvgIpc) is 2.53. The molecule has 17 heavy (non-hydrogen) atoms. The summed E-state index contributed by atoms with van der Waals surface area (Å²) in [4.78, 5) is 16.0. The maximum Gasteiger partial charge on any atom is 0.338 e. The molecule has 0 spiro atoms. The molecule has 2 aromatic rings. The summed E-state index contributed by atoms with van der Waals surface area (Å²) in [5, 5.41) is 0.501. The van der Waals surface area contributed by atoms with Crippen molar-refractivity contribution in [3.05, 3.63) is 23.8 Å². The van der Waals surface area contributed by atoms with Gasteiger partial charge in [-0.15, -0.1) is 0 Å². The summed E-state index contributed by atoms with van der Waals surface area (Å²) in [5.74, 6) is -0.342. The highest BCUT2D eigenvalue weighted by molar-refractivity contribution is 7.22. The van der Waals surface area contributed by atoms with Crippen LogP contribution in [0.25, 0.3) is 10.2 Å². The van der Waals surface area contributed by atoms with Crippen LogP contribution >= 0.6 is 11.3 Å². The highest BCUT2D eigenvalue weighted by Crippen LogP contribution is 2.25. The zero-order valence-corrected chi connectivity index (χ0v) is 10.8. The van der Waals surface area contributed by atoms with Crippen LogP contribution in [-0.2, 0) is 4.74 Å². The first-order valence-corrected chi connectivity index (χ1v) is 6.06. The van der Waals surface area contributed by atoms with E-state index in [0.717, 1.165) is 10.2 Å². The Morgan fingerprint density at radius 3 is 2.76 bits per heavy atom. The summed E-state index contributed by atoms with van der Waals surface area (Å²) in [6, 6.07) is 5.27. The van der Waals surface area contributed by atoms with Crippen LogP contribution in [0.2, 0.25) is 0 Å². The molecule has 0 saturated heterocycles. The van der Waals surface area contributed by atoms with Crippen molar-refractivity contribution in [2.24, 2.45) is 0 Å². The molecule has 1 heterocycles. The van der Waals surface area contributed by atoms with Crippen molar-refractivity contribution in [3.63, 3.8) is 0 Å². The number of rotatable bonds is 1. The number of anilines is 1. The molecule has 0 unspecified atom stereocenters. The molecule has 0 bridgehead atoms. The molecule has 0 aliphatic carbocycles. The number of aromatic nitrogens is 1. The van der Waals surface area contributed by atoms with Gasteiger partial charge in [0, 0.05) is 0 Å². The van der Waals surface area contributed by atoms with Gasteiger partial charge in [0.1, 0.15) is 5.60 Å². The molecule has 2 N–H and O–H groups in total. The van der Waals surface area contributed by atoms with Crippen molar-refractivity contribution >= 4 is 32.7 Å². The minimum atomic E-state index is -0.493. The van der Waals surface area contributed by atoms with E-state index in [1.54, 1.807) is 12.1 Å². The Morgan fingerprint density at radius 1 is 1.41 bits per heavy atom. The fraction of sp³-hybridized carbons (Fsp3) is 0.333. The van der Waals surface area contributed by atoms with Gasteiger partial charge in [0.2, 0.25) is 0 Å². The first-order chi connectivity index (χ1) is 7.85. The van der Waals surface area contributed by atoms with Crippen LogP contribution in [0.15, 0.2) is 18.2 Å². The molecule has 90 valence electrons. The Hall–Kier alpha value is -1.62. The molecule has 0 amide bonds. The van der Waals surface area contributed by atoms with E-state index in [4.69, 9.17) is 10.5 Å². The molecule has 1 aromatic carbocycles. The summed E-state index contributed by atoms with van der Waals surface area (Å²) in [5.41, 5.74) is 6.35. The lowest BCUT2D eigenvalue weighted by Gasteiger charge is -2.19. The molecule has 0 radical (unpaired) electrons. The van der Waals surface area contributed by atoms with Gasteiger partial charge in [-0.2, -0.15) is 0 Å². The molecule has 0 aliphatic heterocycles. The van der Waals surface area contributed by atoms with Gasteiger partial charge < -0.3 is 10.5 Å². The average molecular weight is 250 g/mol. The Morgan fingerprint density at radius 2 is 2.12 bits per heavy atom. The third-order valence-corrected chi connectivity index (χ3v) is 2.90. The topological polar surface area (TPSA) is 65.2 Å². The van der Waals surface area contributed by atoms with Crippen LogP contribution in [0, 0.1) is 0 Å². The number of esters is 1. The van der Waals surface area contributed by atoms with E-state index in [-0.39, 0.29) is 5.97 Å². The Labute approximate surface area is 103 Å². The van der Waals surface area contributed by atoms with Crippen LogP contribution < -0.4 is 5.73 Å². The summed E-state index contributed by atoms with van der Waals surface area (Å²) in [6.07, 6.45) is 0. The molecular weight excluding hydrogens is 236 g/mol. The predicted octanol–water partition coefficient (Wildman–Crippen LogP) is 2.83. The Kier molecular flexibility index (Phi) is 2.79. The predicted molar refractivity (Wildman–Crippen MR) is 69.2 cm³/mol. The van der Waals surface area contributed by atoms with Crippen molar-refractivity contribution in [3.8, 4) is 0 Å². The van der Waals surface area contributed by atoms with Crippen LogP contribution in [0.4, 0.5) is 5.13 Å². The maximum atomic E-state index is 11.8. The number of fused-ring (bicyclic) bond motifs is 1. The van der Waals surface area contributed by atoms with Gasteiger partial charge in [0.25, 0.3) is 0 Å². The van der Waals surface area contributed by atoms with Crippen LogP contribution in [0.5, 0.6) is 0 Å².